The van der Waals surface area contributed by atoms with E-state index in [4.69, 9.17) is 11.6 Å². The first-order valence-corrected chi connectivity index (χ1v) is 7.12. The number of halogens is 2. The Bertz CT molecular complexity index is 422. The summed E-state index contributed by atoms with van der Waals surface area (Å²) >= 11 is 9.87. The van der Waals surface area contributed by atoms with Crippen LogP contribution < -0.4 is 10.2 Å². The van der Waals surface area contributed by atoms with E-state index < -0.39 is 0 Å². The van der Waals surface area contributed by atoms with E-state index in [9.17, 15) is 0 Å². The van der Waals surface area contributed by atoms with Crippen molar-refractivity contribution in [2.75, 3.05) is 18.0 Å². The molecule has 0 spiro atoms. The summed E-state index contributed by atoms with van der Waals surface area (Å²) in [5.41, 5.74) is 2.31. The van der Waals surface area contributed by atoms with Gasteiger partial charge < -0.3 is 10.2 Å². The lowest BCUT2D eigenvalue weighted by Gasteiger charge is -2.40. The van der Waals surface area contributed by atoms with Gasteiger partial charge in [0.1, 0.15) is 0 Å². The number of rotatable bonds is 1. The molecule has 0 amide bonds. The number of aryl methyl sites for hydroxylation is 1. The first-order valence-electron chi connectivity index (χ1n) is 5.94. The van der Waals surface area contributed by atoms with Crippen molar-refractivity contribution in [3.63, 3.8) is 0 Å². The minimum absolute atomic E-state index is 0.487. The highest BCUT2D eigenvalue weighted by atomic mass is 79.9. The third kappa shape index (κ3) is 2.78. The molecule has 0 radical (unpaired) electrons. The lowest BCUT2D eigenvalue weighted by molar-refractivity contribution is 0.425. The molecule has 94 valence electrons. The van der Waals surface area contributed by atoms with Crippen molar-refractivity contribution in [3.8, 4) is 0 Å². The molecule has 1 aliphatic rings. The van der Waals surface area contributed by atoms with Crippen LogP contribution in [0.15, 0.2) is 16.6 Å². The predicted molar refractivity (Wildman–Crippen MR) is 78.2 cm³/mol. The van der Waals surface area contributed by atoms with Crippen LogP contribution >= 0.6 is 27.5 Å². The van der Waals surface area contributed by atoms with E-state index in [-0.39, 0.29) is 0 Å². The van der Waals surface area contributed by atoms with Crippen LogP contribution in [0.4, 0.5) is 5.69 Å². The fourth-order valence-corrected chi connectivity index (χ4v) is 3.06. The van der Waals surface area contributed by atoms with Crippen molar-refractivity contribution >= 4 is 33.2 Å². The molecular weight excluding hydrogens is 300 g/mol. The highest BCUT2D eigenvalue weighted by Gasteiger charge is 2.24. The van der Waals surface area contributed by atoms with Gasteiger partial charge >= 0.3 is 0 Å². The zero-order chi connectivity index (χ0) is 12.6. The molecule has 1 heterocycles. The first-order chi connectivity index (χ1) is 7.99. The maximum Gasteiger partial charge on any atom is 0.0529 e. The van der Waals surface area contributed by atoms with E-state index >= 15 is 0 Å². The number of hydrogen-bond acceptors (Lipinski definition) is 2. The Labute approximate surface area is 116 Å². The number of hydrogen-bond donors (Lipinski definition) is 1. The van der Waals surface area contributed by atoms with Gasteiger partial charge in [-0.3, -0.25) is 0 Å². The van der Waals surface area contributed by atoms with Crippen LogP contribution in [0.1, 0.15) is 19.4 Å². The molecule has 1 fully saturated rings. The molecule has 0 aromatic heterocycles. The van der Waals surface area contributed by atoms with Crippen LogP contribution in [0.5, 0.6) is 0 Å². The molecule has 17 heavy (non-hydrogen) atoms. The predicted octanol–water partition coefficient (Wildman–Crippen LogP) is 3.60. The van der Waals surface area contributed by atoms with E-state index in [0.717, 1.165) is 28.1 Å². The monoisotopic (exact) mass is 316 g/mol. The number of nitrogens with zero attached hydrogens (tertiary/aromatic N) is 1. The maximum atomic E-state index is 6.23. The Morgan fingerprint density at radius 1 is 1.41 bits per heavy atom. The van der Waals surface area contributed by atoms with Crippen LogP contribution in [-0.4, -0.2) is 25.2 Å². The molecule has 2 rings (SSSR count). The average molecular weight is 318 g/mol. The van der Waals surface area contributed by atoms with Gasteiger partial charge in [0.25, 0.3) is 0 Å². The largest absolute Gasteiger partial charge is 0.365 e. The van der Waals surface area contributed by atoms with Crippen molar-refractivity contribution < 1.29 is 0 Å². The van der Waals surface area contributed by atoms with Crippen molar-refractivity contribution in [2.45, 2.75) is 32.9 Å². The minimum Gasteiger partial charge on any atom is -0.365 e. The number of anilines is 1. The molecule has 2 nitrogen and oxygen atoms in total. The summed E-state index contributed by atoms with van der Waals surface area (Å²) in [5.74, 6) is 0. The highest BCUT2D eigenvalue weighted by molar-refractivity contribution is 9.10. The van der Waals surface area contributed by atoms with Gasteiger partial charge in [-0.1, -0.05) is 11.6 Å². The summed E-state index contributed by atoms with van der Waals surface area (Å²) < 4.78 is 1.13. The van der Waals surface area contributed by atoms with Crippen molar-refractivity contribution in [1.29, 1.82) is 0 Å². The summed E-state index contributed by atoms with van der Waals surface area (Å²) in [5, 5.41) is 4.32. The topological polar surface area (TPSA) is 15.3 Å². The van der Waals surface area contributed by atoms with Crippen LogP contribution in [0.3, 0.4) is 0 Å². The van der Waals surface area contributed by atoms with Crippen LogP contribution in [0, 0.1) is 6.92 Å². The van der Waals surface area contributed by atoms with Gasteiger partial charge in [-0.05, 0) is 54.4 Å². The molecular formula is C13H18BrClN2. The quantitative estimate of drug-likeness (QED) is 0.851. The Morgan fingerprint density at radius 2 is 2.12 bits per heavy atom. The Hall–Kier alpha value is -0.250. The molecule has 0 aliphatic carbocycles. The molecule has 1 aromatic rings. The van der Waals surface area contributed by atoms with Gasteiger partial charge in [-0.25, -0.2) is 0 Å². The van der Waals surface area contributed by atoms with E-state index in [1.54, 1.807) is 0 Å². The Kier molecular flexibility index (Phi) is 4.01. The normalized spacial score (nSPS) is 25.1. The third-order valence-electron chi connectivity index (χ3n) is 3.30. The lowest BCUT2D eigenvalue weighted by Crippen LogP contribution is -2.54. The summed E-state index contributed by atoms with van der Waals surface area (Å²) in [7, 11) is 0. The highest BCUT2D eigenvalue weighted by Crippen LogP contribution is 2.33. The molecule has 4 heteroatoms. The molecule has 1 N–H and O–H groups in total. The van der Waals surface area contributed by atoms with E-state index in [1.807, 2.05) is 6.92 Å². The van der Waals surface area contributed by atoms with Crippen molar-refractivity contribution in [3.05, 3.63) is 27.2 Å². The van der Waals surface area contributed by atoms with E-state index in [0.29, 0.717) is 12.1 Å². The Morgan fingerprint density at radius 3 is 2.82 bits per heavy atom. The molecule has 1 saturated heterocycles. The van der Waals surface area contributed by atoms with Crippen LogP contribution in [-0.2, 0) is 0 Å². The molecule has 2 unspecified atom stereocenters. The summed E-state index contributed by atoms with van der Waals surface area (Å²) in [6.07, 6.45) is 0. The van der Waals surface area contributed by atoms with Gasteiger partial charge in [0, 0.05) is 34.7 Å². The zero-order valence-corrected chi connectivity index (χ0v) is 12.8. The van der Waals surface area contributed by atoms with Gasteiger partial charge in [-0.15, -0.1) is 0 Å². The Balaban J connectivity index is 2.35. The minimum atomic E-state index is 0.487. The standard InChI is InChI=1S/C13H18BrClN2/c1-8-4-11(14)13(5-12(8)15)17-7-9(2)16-6-10(17)3/h4-5,9-10,16H,6-7H2,1-3H3. The number of piperazine rings is 1. The number of nitrogens with one attached hydrogen (secondary N) is 1. The van der Waals surface area contributed by atoms with Crippen LogP contribution in [0.25, 0.3) is 0 Å². The molecule has 1 aromatic carbocycles. The maximum absolute atomic E-state index is 6.23. The summed E-state index contributed by atoms with van der Waals surface area (Å²) in [4.78, 5) is 2.41. The van der Waals surface area contributed by atoms with Gasteiger partial charge in [0.05, 0.1) is 5.69 Å². The lowest BCUT2D eigenvalue weighted by atomic mass is 10.1. The molecule has 0 saturated carbocycles. The molecule has 1 aliphatic heterocycles. The zero-order valence-electron chi connectivity index (χ0n) is 10.4. The van der Waals surface area contributed by atoms with Gasteiger partial charge in [0.2, 0.25) is 0 Å². The van der Waals surface area contributed by atoms with Crippen LogP contribution in [0.2, 0.25) is 5.02 Å². The SMILES string of the molecule is Cc1cc(Br)c(N2CC(C)NCC2C)cc1Cl. The summed E-state index contributed by atoms with van der Waals surface area (Å²) in [6, 6.07) is 5.16. The fourth-order valence-electron chi connectivity index (χ4n) is 2.21. The average Bonchev–Trinajstić information content (AvgIpc) is 2.27. The van der Waals surface area contributed by atoms with Crippen molar-refractivity contribution in [1.82, 2.24) is 5.32 Å². The third-order valence-corrected chi connectivity index (χ3v) is 4.34. The van der Waals surface area contributed by atoms with Gasteiger partial charge in [-0.2, -0.15) is 0 Å². The molecule has 0 bridgehead atoms. The fraction of sp³-hybridized carbons (Fsp3) is 0.538. The number of benzene rings is 1. The first kappa shape index (κ1) is 13.2. The smallest absolute Gasteiger partial charge is 0.0529 e. The second kappa shape index (κ2) is 5.17. The van der Waals surface area contributed by atoms with Crippen molar-refractivity contribution in [2.24, 2.45) is 0 Å². The summed E-state index contributed by atoms with van der Waals surface area (Å²) in [6.45, 7) is 8.50. The van der Waals surface area contributed by atoms with E-state index in [2.05, 4.69) is 52.1 Å². The van der Waals surface area contributed by atoms with Gasteiger partial charge in [0.15, 0.2) is 0 Å². The molecule has 2 atom stereocenters. The second-order valence-corrected chi connectivity index (χ2v) is 6.13. The second-order valence-electron chi connectivity index (χ2n) is 4.86. The van der Waals surface area contributed by atoms with E-state index in [1.165, 1.54) is 5.69 Å².